The number of hydrogen-bond acceptors (Lipinski definition) is 5. The predicted octanol–water partition coefficient (Wildman–Crippen LogP) is 0.711. The van der Waals surface area contributed by atoms with Gasteiger partial charge in [-0.3, -0.25) is 14.9 Å². The normalized spacial score (nSPS) is 17.0. The number of sulfonamides is 1. The highest BCUT2D eigenvalue weighted by molar-refractivity contribution is 7.89. The number of piperazine rings is 1. The number of likely N-dealkylation sites (N-methyl/N-ethyl adjacent to an activating group) is 1. The van der Waals surface area contributed by atoms with Crippen molar-refractivity contribution in [1.29, 1.82) is 0 Å². The molecule has 1 aromatic carbocycles. The van der Waals surface area contributed by atoms with Gasteiger partial charge in [-0.05, 0) is 6.07 Å². The van der Waals surface area contributed by atoms with Crippen molar-refractivity contribution < 1.29 is 18.1 Å². The molecule has 1 amide bonds. The fourth-order valence-electron chi connectivity index (χ4n) is 1.88. The smallest absolute Gasteiger partial charge is 0.270 e. The molecule has 0 spiro atoms. The SMILES string of the molecule is CN1CCN(S(=O)(=O)c2cc([N+](=O)[O-])ccc2Cl)CC1=O. The molecule has 10 heteroatoms. The summed E-state index contributed by atoms with van der Waals surface area (Å²) < 4.78 is 25.9. The molecule has 114 valence electrons. The first-order valence-corrected chi connectivity index (χ1v) is 7.73. The Balaban J connectivity index is 2.42. The molecule has 0 aromatic heterocycles. The second kappa shape index (κ2) is 5.58. The maximum Gasteiger partial charge on any atom is 0.270 e. The molecule has 21 heavy (non-hydrogen) atoms. The van der Waals surface area contributed by atoms with Crippen molar-refractivity contribution in [1.82, 2.24) is 9.21 Å². The summed E-state index contributed by atoms with van der Waals surface area (Å²) in [7, 11) is -2.48. The van der Waals surface area contributed by atoms with E-state index in [1.165, 1.54) is 4.90 Å². The lowest BCUT2D eigenvalue weighted by Gasteiger charge is -2.31. The number of nitro groups is 1. The number of non-ortho nitro benzene ring substituents is 1. The third-order valence-electron chi connectivity index (χ3n) is 3.17. The van der Waals surface area contributed by atoms with Crippen molar-refractivity contribution >= 4 is 33.2 Å². The number of rotatable bonds is 3. The molecule has 0 radical (unpaired) electrons. The average Bonchev–Trinajstić information content (AvgIpc) is 2.41. The standard InChI is InChI=1S/C11H12ClN3O5S/c1-13-4-5-14(7-11(13)16)21(19,20)10-6-8(15(17)18)2-3-9(10)12/h2-3,6H,4-5,7H2,1H3. The minimum Gasteiger partial charge on any atom is -0.343 e. The van der Waals surface area contributed by atoms with Gasteiger partial charge in [-0.25, -0.2) is 8.42 Å². The molecule has 1 heterocycles. The summed E-state index contributed by atoms with van der Waals surface area (Å²) >= 11 is 5.85. The van der Waals surface area contributed by atoms with E-state index >= 15 is 0 Å². The Morgan fingerprint density at radius 2 is 2.00 bits per heavy atom. The van der Waals surface area contributed by atoms with E-state index in [9.17, 15) is 23.3 Å². The molecule has 0 atom stereocenters. The number of hydrogen-bond donors (Lipinski definition) is 0. The molecule has 2 rings (SSSR count). The monoisotopic (exact) mass is 333 g/mol. The van der Waals surface area contributed by atoms with Crippen LogP contribution in [0.15, 0.2) is 23.1 Å². The molecule has 0 N–H and O–H groups in total. The zero-order valence-electron chi connectivity index (χ0n) is 11.0. The maximum absolute atomic E-state index is 12.5. The molecular formula is C11H12ClN3O5S. The Hall–Kier alpha value is -1.71. The number of carbonyl (C=O) groups excluding carboxylic acids is 1. The summed E-state index contributed by atoms with van der Waals surface area (Å²) in [6.07, 6.45) is 0. The van der Waals surface area contributed by atoms with Gasteiger partial charge in [0, 0.05) is 32.3 Å². The van der Waals surface area contributed by atoms with Crippen LogP contribution in [0, 0.1) is 10.1 Å². The molecule has 0 unspecified atom stereocenters. The first-order chi connectivity index (χ1) is 9.73. The highest BCUT2D eigenvalue weighted by Gasteiger charge is 2.33. The molecule has 8 nitrogen and oxygen atoms in total. The molecule has 1 aliphatic heterocycles. The first-order valence-electron chi connectivity index (χ1n) is 5.91. The molecule has 0 saturated carbocycles. The lowest BCUT2D eigenvalue weighted by Crippen LogP contribution is -2.50. The lowest BCUT2D eigenvalue weighted by molar-refractivity contribution is -0.385. The van der Waals surface area contributed by atoms with Crippen LogP contribution in [-0.2, 0) is 14.8 Å². The largest absolute Gasteiger partial charge is 0.343 e. The predicted molar refractivity (Wildman–Crippen MR) is 74.5 cm³/mol. The summed E-state index contributed by atoms with van der Waals surface area (Å²) in [5.41, 5.74) is -0.376. The number of benzene rings is 1. The molecule has 0 aliphatic carbocycles. The highest BCUT2D eigenvalue weighted by atomic mass is 35.5. The molecule has 1 saturated heterocycles. The van der Waals surface area contributed by atoms with Gasteiger partial charge in [0.1, 0.15) is 4.90 Å². The van der Waals surface area contributed by atoms with Crippen LogP contribution < -0.4 is 0 Å². The fourth-order valence-corrected chi connectivity index (χ4v) is 3.76. The number of nitro benzene ring substituents is 1. The van der Waals surface area contributed by atoms with Gasteiger partial charge in [-0.15, -0.1) is 0 Å². The van der Waals surface area contributed by atoms with Crippen LogP contribution in [-0.4, -0.2) is 55.1 Å². The number of amides is 1. The van der Waals surface area contributed by atoms with Crippen LogP contribution in [0.2, 0.25) is 5.02 Å². The third-order valence-corrected chi connectivity index (χ3v) is 5.49. The van der Waals surface area contributed by atoms with Crippen molar-refractivity contribution in [3.8, 4) is 0 Å². The Morgan fingerprint density at radius 1 is 1.33 bits per heavy atom. The van der Waals surface area contributed by atoms with Gasteiger partial charge in [-0.2, -0.15) is 4.31 Å². The van der Waals surface area contributed by atoms with Crippen molar-refractivity contribution in [2.45, 2.75) is 4.90 Å². The van der Waals surface area contributed by atoms with Crippen molar-refractivity contribution in [2.24, 2.45) is 0 Å². The fraction of sp³-hybridized carbons (Fsp3) is 0.364. The maximum atomic E-state index is 12.5. The van der Waals surface area contributed by atoms with Gasteiger partial charge < -0.3 is 4.90 Å². The zero-order chi connectivity index (χ0) is 15.8. The van der Waals surface area contributed by atoms with E-state index in [1.807, 2.05) is 0 Å². The van der Waals surface area contributed by atoms with Gasteiger partial charge >= 0.3 is 0 Å². The second-order valence-corrected chi connectivity index (χ2v) is 6.84. The van der Waals surface area contributed by atoms with E-state index in [0.29, 0.717) is 0 Å². The average molecular weight is 334 g/mol. The Kier molecular flexibility index (Phi) is 4.17. The molecule has 0 bridgehead atoms. The summed E-state index contributed by atoms with van der Waals surface area (Å²) in [6, 6.07) is 3.18. The summed E-state index contributed by atoms with van der Waals surface area (Å²) in [5.74, 6) is -0.341. The number of nitrogens with zero attached hydrogens (tertiary/aromatic N) is 3. The topological polar surface area (TPSA) is 101 Å². The van der Waals surface area contributed by atoms with Gasteiger partial charge in [0.25, 0.3) is 5.69 Å². The first kappa shape index (κ1) is 15.7. The van der Waals surface area contributed by atoms with Crippen LogP contribution in [0.5, 0.6) is 0 Å². The summed E-state index contributed by atoms with van der Waals surface area (Å²) in [4.78, 5) is 22.7. The number of carbonyl (C=O) groups is 1. The zero-order valence-corrected chi connectivity index (χ0v) is 12.6. The van der Waals surface area contributed by atoms with E-state index in [0.717, 1.165) is 22.5 Å². The Morgan fingerprint density at radius 3 is 2.57 bits per heavy atom. The second-order valence-electron chi connectivity index (χ2n) is 4.53. The molecule has 1 aromatic rings. The van der Waals surface area contributed by atoms with E-state index in [2.05, 4.69) is 0 Å². The van der Waals surface area contributed by atoms with Crippen LogP contribution in [0.3, 0.4) is 0 Å². The van der Waals surface area contributed by atoms with E-state index in [1.54, 1.807) is 7.05 Å². The Bertz CT molecular complexity index is 706. The van der Waals surface area contributed by atoms with E-state index in [4.69, 9.17) is 11.6 Å². The van der Waals surface area contributed by atoms with Crippen molar-refractivity contribution in [3.05, 3.63) is 33.3 Å². The van der Waals surface area contributed by atoms with Gasteiger partial charge in [0.05, 0.1) is 16.5 Å². The van der Waals surface area contributed by atoms with Crippen molar-refractivity contribution in [3.63, 3.8) is 0 Å². The van der Waals surface area contributed by atoms with Crippen LogP contribution in [0.25, 0.3) is 0 Å². The minimum absolute atomic E-state index is 0.115. The van der Waals surface area contributed by atoms with Gasteiger partial charge in [0.15, 0.2) is 0 Å². The molecule has 1 aliphatic rings. The van der Waals surface area contributed by atoms with Crippen LogP contribution in [0.4, 0.5) is 5.69 Å². The quantitative estimate of drug-likeness (QED) is 0.599. The molecular weight excluding hydrogens is 322 g/mol. The minimum atomic E-state index is -4.06. The number of halogens is 1. The highest BCUT2D eigenvalue weighted by Crippen LogP contribution is 2.29. The van der Waals surface area contributed by atoms with Crippen LogP contribution >= 0.6 is 11.6 Å². The Labute approximate surface area is 126 Å². The molecule has 1 fully saturated rings. The van der Waals surface area contributed by atoms with Gasteiger partial charge in [-0.1, -0.05) is 11.6 Å². The van der Waals surface area contributed by atoms with Crippen molar-refractivity contribution in [2.75, 3.05) is 26.7 Å². The summed E-state index contributed by atoms with van der Waals surface area (Å²) in [6.45, 7) is 0.0616. The summed E-state index contributed by atoms with van der Waals surface area (Å²) in [5, 5.41) is 10.6. The lowest BCUT2D eigenvalue weighted by atomic mass is 10.3. The van der Waals surface area contributed by atoms with E-state index < -0.39 is 14.9 Å². The van der Waals surface area contributed by atoms with Crippen LogP contribution in [0.1, 0.15) is 0 Å². The van der Waals surface area contributed by atoms with E-state index in [-0.39, 0.29) is 41.1 Å². The third kappa shape index (κ3) is 2.99. The van der Waals surface area contributed by atoms with Gasteiger partial charge in [0.2, 0.25) is 15.9 Å².